The van der Waals surface area contributed by atoms with Gasteiger partial charge in [0.1, 0.15) is 0 Å². The van der Waals surface area contributed by atoms with Crippen molar-refractivity contribution in [1.82, 2.24) is 14.3 Å². The molecule has 178 valence electrons. The van der Waals surface area contributed by atoms with Crippen LogP contribution in [0.4, 0.5) is 5.95 Å². The maximum absolute atomic E-state index is 13.2. The number of nitrogens with zero attached hydrogens (tertiary/aromatic N) is 4. The third kappa shape index (κ3) is 4.08. The Hall–Kier alpha value is -3.57. The average molecular weight is 485 g/mol. The molecule has 2 aliphatic rings. The van der Waals surface area contributed by atoms with E-state index in [4.69, 9.17) is 23.9 Å². The number of piperazine rings is 1. The van der Waals surface area contributed by atoms with Gasteiger partial charge in [-0.15, -0.1) is 0 Å². The molecule has 10 nitrogen and oxygen atoms in total. The van der Waals surface area contributed by atoms with Crippen LogP contribution in [0, 0.1) is 0 Å². The number of hydrogen-bond acceptors (Lipinski definition) is 9. The second kappa shape index (κ2) is 8.99. The molecule has 0 bridgehead atoms. The van der Waals surface area contributed by atoms with Crippen LogP contribution in [0.2, 0.25) is 0 Å². The molecule has 1 aromatic heterocycles. The van der Waals surface area contributed by atoms with Crippen LogP contribution in [0.15, 0.2) is 53.6 Å². The molecule has 3 aromatic rings. The predicted octanol–water partition coefficient (Wildman–Crippen LogP) is 2.40. The summed E-state index contributed by atoms with van der Waals surface area (Å²) in [5, 5.41) is 0. The van der Waals surface area contributed by atoms with Gasteiger partial charge in [-0.2, -0.15) is 4.31 Å². The summed E-state index contributed by atoms with van der Waals surface area (Å²) in [4.78, 5) is 11.3. The number of aromatic nitrogens is 2. The normalized spacial score (nSPS) is 15.9. The molecule has 1 fully saturated rings. The lowest BCUT2D eigenvalue weighted by atomic mass is 10.1. The summed E-state index contributed by atoms with van der Waals surface area (Å²) in [7, 11) is -0.692. The van der Waals surface area contributed by atoms with Crippen LogP contribution in [0.5, 0.6) is 23.0 Å². The Bertz CT molecular complexity index is 1310. The first kappa shape index (κ1) is 22.2. The molecule has 1 saturated heterocycles. The van der Waals surface area contributed by atoms with Crippen molar-refractivity contribution in [3.05, 3.63) is 48.7 Å². The molecule has 0 amide bonds. The van der Waals surface area contributed by atoms with Crippen molar-refractivity contribution in [3.63, 3.8) is 0 Å². The van der Waals surface area contributed by atoms with Crippen LogP contribution in [-0.4, -0.2) is 69.9 Å². The summed E-state index contributed by atoms with van der Waals surface area (Å²) in [6.07, 6.45) is 1.70. The van der Waals surface area contributed by atoms with Gasteiger partial charge in [0.2, 0.25) is 22.8 Å². The highest BCUT2D eigenvalue weighted by Gasteiger charge is 2.30. The molecular weight excluding hydrogens is 460 g/mol. The van der Waals surface area contributed by atoms with Gasteiger partial charge in [0.25, 0.3) is 0 Å². The Kier molecular flexibility index (Phi) is 5.88. The summed E-state index contributed by atoms with van der Waals surface area (Å²) >= 11 is 0. The topological polar surface area (TPSA) is 103 Å². The van der Waals surface area contributed by atoms with Gasteiger partial charge >= 0.3 is 0 Å². The fourth-order valence-corrected chi connectivity index (χ4v) is 5.41. The number of ether oxygens (including phenoxy) is 4. The Morgan fingerprint density at radius 3 is 2.41 bits per heavy atom. The second-order valence-electron chi connectivity index (χ2n) is 7.72. The summed E-state index contributed by atoms with van der Waals surface area (Å²) < 4.78 is 49.1. The van der Waals surface area contributed by atoms with Gasteiger partial charge in [-0.1, -0.05) is 0 Å². The van der Waals surface area contributed by atoms with Crippen LogP contribution in [0.25, 0.3) is 11.3 Å². The molecule has 34 heavy (non-hydrogen) atoms. The van der Waals surface area contributed by atoms with Gasteiger partial charge in [0.15, 0.2) is 23.0 Å². The lowest BCUT2D eigenvalue weighted by Crippen LogP contribution is -2.49. The average Bonchev–Trinajstić information content (AvgIpc) is 3.36. The molecule has 0 atom stereocenters. The van der Waals surface area contributed by atoms with E-state index < -0.39 is 10.0 Å². The van der Waals surface area contributed by atoms with Crippen molar-refractivity contribution in [3.8, 4) is 34.3 Å². The second-order valence-corrected chi connectivity index (χ2v) is 9.66. The molecule has 0 spiro atoms. The summed E-state index contributed by atoms with van der Waals surface area (Å²) in [6, 6.07) is 12.1. The van der Waals surface area contributed by atoms with Gasteiger partial charge < -0.3 is 23.8 Å². The van der Waals surface area contributed by atoms with E-state index in [0.29, 0.717) is 55.1 Å². The summed E-state index contributed by atoms with van der Waals surface area (Å²) in [5.74, 6) is 2.80. The van der Waals surface area contributed by atoms with E-state index in [-0.39, 0.29) is 11.7 Å². The quantitative estimate of drug-likeness (QED) is 0.522. The lowest BCUT2D eigenvalue weighted by molar-refractivity contribution is 0.174. The van der Waals surface area contributed by atoms with Crippen LogP contribution < -0.4 is 23.8 Å². The maximum atomic E-state index is 13.2. The number of rotatable bonds is 6. The van der Waals surface area contributed by atoms with Gasteiger partial charge in [0.05, 0.1) is 24.8 Å². The zero-order valence-corrected chi connectivity index (χ0v) is 19.6. The van der Waals surface area contributed by atoms with Crippen molar-refractivity contribution in [1.29, 1.82) is 0 Å². The predicted molar refractivity (Wildman–Crippen MR) is 124 cm³/mol. The van der Waals surface area contributed by atoms with Gasteiger partial charge in [0, 0.05) is 44.0 Å². The minimum absolute atomic E-state index is 0.166. The van der Waals surface area contributed by atoms with Crippen molar-refractivity contribution in [2.75, 3.05) is 52.1 Å². The zero-order chi connectivity index (χ0) is 23.7. The Labute approximate surface area is 197 Å². The zero-order valence-electron chi connectivity index (χ0n) is 18.8. The van der Waals surface area contributed by atoms with E-state index in [2.05, 4.69) is 4.98 Å². The Morgan fingerprint density at radius 2 is 1.65 bits per heavy atom. The Balaban J connectivity index is 1.30. The van der Waals surface area contributed by atoms with E-state index in [1.54, 1.807) is 12.3 Å². The lowest BCUT2D eigenvalue weighted by Gasteiger charge is -2.34. The van der Waals surface area contributed by atoms with Crippen LogP contribution in [0.1, 0.15) is 0 Å². The fourth-order valence-electron chi connectivity index (χ4n) is 3.97. The molecule has 0 aliphatic carbocycles. The summed E-state index contributed by atoms with van der Waals surface area (Å²) in [5.41, 5.74) is 1.64. The summed E-state index contributed by atoms with van der Waals surface area (Å²) in [6.45, 7) is 1.78. The number of hydrogen-bond donors (Lipinski definition) is 0. The third-order valence-electron chi connectivity index (χ3n) is 5.83. The maximum Gasteiger partial charge on any atom is 0.243 e. The van der Waals surface area contributed by atoms with E-state index in [1.807, 2.05) is 29.2 Å². The molecular formula is C23H24N4O6S. The number of benzene rings is 2. The SMILES string of the molecule is COc1ccc(S(=O)(=O)N2CCN(c3nccc(-c4ccc5c(c4)OCO5)n3)CC2)cc1OC. The van der Waals surface area contributed by atoms with Crippen molar-refractivity contribution < 1.29 is 27.4 Å². The first-order valence-electron chi connectivity index (χ1n) is 10.7. The molecule has 0 unspecified atom stereocenters. The number of methoxy groups -OCH3 is 2. The highest BCUT2D eigenvalue weighted by molar-refractivity contribution is 7.89. The Morgan fingerprint density at radius 1 is 0.882 bits per heavy atom. The number of sulfonamides is 1. The van der Waals surface area contributed by atoms with Crippen molar-refractivity contribution >= 4 is 16.0 Å². The first-order chi connectivity index (χ1) is 16.5. The third-order valence-corrected chi connectivity index (χ3v) is 7.72. The molecule has 5 rings (SSSR count). The smallest absolute Gasteiger partial charge is 0.243 e. The standard InChI is InChI=1S/C23H24N4O6S/c1-30-19-6-4-17(14-21(19)31-2)34(28,29)27-11-9-26(10-12-27)23-24-8-7-18(25-23)16-3-5-20-22(13-16)33-15-32-20/h3-8,13-14H,9-12,15H2,1-2H3. The first-order valence-corrected chi connectivity index (χ1v) is 12.1. The number of fused-ring (bicyclic) bond motifs is 1. The molecule has 11 heteroatoms. The van der Waals surface area contributed by atoms with Gasteiger partial charge in [-0.05, 0) is 36.4 Å². The van der Waals surface area contributed by atoms with Crippen LogP contribution in [0.3, 0.4) is 0 Å². The van der Waals surface area contributed by atoms with Crippen molar-refractivity contribution in [2.24, 2.45) is 0 Å². The van der Waals surface area contributed by atoms with E-state index >= 15 is 0 Å². The highest BCUT2D eigenvalue weighted by atomic mass is 32.2. The highest BCUT2D eigenvalue weighted by Crippen LogP contribution is 2.36. The molecule has 2 aliphatic heterocycles. The minimum Gasteiger partial charge on any atom is -0.493 e. The van der Waals surface area contributed by atoms with Crippen LogP contribution in [-0.2, 0) is 10.0 Å². The molecule has 3 heterocycles. The minimum atomic E-state index is -3.68. The van der Waals surface area contributed by atoms with E-state index in [1.165, 1.54) is 30.7 Å². The fraction of sp³-hybridized carbons (Fsp3) is 0.304. The number of anilines is 1. The van der Waals surface area contributed by atoms with E-state index in [9.17, 15) is 8.42 Å². The van der Waals surface area contributed by atoms with Gasteiger partial charge in [-0.25, -0.2) is 18.4 Å². The molecule has 0 radical (unpaired) electrons. The monoisotopic (exact) mass is 484 g/mol. The molecule has 0 saturated carbocycles. The van der Waals surface area contributed by atoms with Gasteiger partial charge in [-0.3, -0.25) is 0 Å². The molecule has 0 N–H and O–H groups in total. The van der Waals surface area contributed by atoms with Crippen molar-refractivity contribution in [2.45, 2.75) is 4.90 Å². The van der Waals surface area contributed by atoms with Crippen LogP contribution >= 0.6 is 0 Å². The largest absolute Gasteiger partial charge is 0.493 e. The molecule has 2 aromatic carbocycles. The van der Waals surface area contributed by atoms with E-state index in [0.717, 1.165) is 11.3 Å².